The second-order valence-corrected chi connectivity index (χ2v) is 5.32. The Kier molecular flexibility index (Phi) is 4.25. The van der Waals surface area contributed by atoms with Gasteiger partial charge in [0.25, 0.3) is 0 Å². The third-order valence-corrected chi connectivity index (χ3v) is 3.65. The fraction of sp³-hybridized carbons (Fsp3) is 0.143. The van der Waals surface area contributed by atoms with Crippen molar-refractivity contribution in [3.63, 3.8) is 0 Å². The molecule has 0 saturated carbocycles. The number of hydrogen-bond donors (Lipinski definition) is 1. The molecule has 18 heavy (non-hydrogen) atoms. The monoisotopic (exact) mass is 327 g/mol. The third kappa shape index (κ3) is 3.03. The third-order valence-electron chi connectivity index (χ3n) is 2.74. The zero-order valence-electron chi connectivity index (χ0n) is 9.81. The topological polar surface area (TPSA) is 12.0 Å². The van der Waals surface area contributed by atoms with Crippen LogP contribution in [-0.4, -0.2) is 0 Å². The van der Waals surface area contributed by atoms with E-state index in [1.165, 1.54) is 6.07 Å². The van der Waals surface area contributed by atoms with E-state index in [0.717, 1.165) is 15.7 Å². The highest BCUT2D eigenvalue weighted by molar-refractivity contribution is 9.10. The van der Waals surface area contributed by atoms with Crippen LogP contribution in [0, 0.1) is 12.7 Å². The predicted octanol–water partition coefficient (Wildman–Crippen LogP) is 5.16. The zero-order valence-corrected chi connectivity index (χ0v) is 12.1. The van der Waals surface area contributed by atoms with Crippen molar-refractivity contribution in [1.29, 1.82) is 0 Å². The van der Waals surface area contributed by atoms with Crippen molar-refractivity contribution in [2.24, 2.45) is 0 Å². The largest absolute Gasteiger partial charge is 0.381 e. The summed E-state index contributed by atoms with van der Waals surface area (Å²) in [5, 5.41) is 3.90. The zero-order chi connectivity index (χ0) is 13.1. The molecule has 2 rings (SSSR count). The number of anilines is 1. The van der Waals surface area contributed by atoms with Crippen LogP contribution in [0.15, 0.2) is 40.9 Å². The lowest BCUT2D eigenvalue weighted by atomic mass is 10.1. The van der Waals surface area contributed by atoms with Crippen LogP contribution in [0.1, 0.15) is 11.1 Å². The summed E-state index contributed by atoms with van der Waals surface area (Å²) in [6.07, 6.45) is 0. The molecule has 1 N–H and O–H groups in total. The molecule has 2 aromatic carbocycles. The summed E-state index contributed by atoms with van der Waals surface area (Å²) in [5.74, 6) is -0.217. The first-order valence-electron chi connectivity index (χ1n) is 5.51. The molecule has 0 atom stereocenters. The number of nitrogens with one attached hydrogen (secondary N) is 1. The summed E-state index contributed by atoms with van der Waals surface area (Å²) >= 11 is 9.36. The average Bonchev–Trinajstić information content (AvgIpc) is 2.35. The Morgan fingerprint density at radius 1 is 1.28 bits per heavy atom. The smallest absolute Gasteiger partial charge is 0.128 e. The standard InChI is InChI=1S/C14H12BrClFN/c1-9-12(16)3-2-4-14(9)18-8-10-7-11(15)5-6-13(10)17/h2-7,18H,8H2,1H3. The van der Waals surface area contributed by atoms with Crippen molar-refractivity contribution in [3.05, 3.63) is 62.8 Å². The van der Waals surface area contributed by atoms with Gasteiger partial charge in [0.1, 0.15) is 5.82 Å². The van der Waals surface area contributed by atoms with E-state index >= 15 is 0 Å². The maximum Gasteiger partial charge on any atom is 0.128 e. The highest BCUT2D eigenvalue weighted by atomic mass is 79.9. The maximum atomic E-state index is 13.6. The lowest BCUT2D eigenvalue weighted by molar-refractivity contribution is 0.612. The molecular formula is C14H12BrClFN. The molecule has 0 fully saturated rings. The molecule has 0 amide bonds. The molecule has 0 aromatic heterocycles. The van der Waals surface area contributed by atoms with Crippen LogP contribution in [0.4, 0.5) is 10.1 Å². The first-order valence-corrected chi connectivity index (χ1v) is 6.68. The highest BCUT2D eigenvalue weighted by Gasteiger charge is 2.05. The van der Waals surface area contributed by atoms with E-state index in [0.29, 0.717) is 17.1 Å². The molecule has 0 aliphatic carbocycles. The lowest BCUT2D eigenvalue weighted by Gasteiger charge is -2.11. The first-order chi connectivity index (χ1) is 8.58. The molecule has 0 heterocycles. The van der Waals surface area contributed by atoms with Gasteiger partial charge in [-0.15, -0.1) is 0 Å². The van der Waals surface area contributed by atoms with Gasteiger partial charge in [0.2, 0.25) is 0 Å². The van der Waals surface area contributed by atoms with Gasteiger partial charge in [0.05, 0.1) is 0 Å². The molecule has 0 spiro atoms. The van der Waals surface area contributed by atoms with Gasteiger partial charge in [0.15, 0.2) is 0 Å². The molecule has 1 nitrogen and oxygen atoms in total. The average molecular weight is 329 g/mol. The van der Waals surface area contributed by atoms with Crippen LogP contribution in [0.25, 0.3) is 0 Å². The number of benzene rings is 2. The Morgan fingerprint density at radius 3 is 2.83 bits per heavy atom. The van der Waals surface area contributed by atoms with Crippen LogP contribution in [0.3, 0.4) is 0 Å². The normalized spacial score (nSPS) is 10.4. The van der Waals surface area contributed by atoms with Gasteiger partial charge >= 0.3 is 0 Å². The van der Waals surface area contributed by atoms with Gasteiger partial charge in [-0.05, 0) is 42.8 Å². The van der Waals surface area contributed by atoms with Gasteiger partial charge in [-0.25, -0.2) is 4.39 Å². The van der Waals surface area contributed by atoms with Gasteiger partial charge in [0, 0.05) is 27.3 Å². The highest BCUT2D eigenvalue weighted by Crippen LogP contribution is 2.24. The molecule has 94 valence electrons. The quantitative estimate of drug-likeness (QED) is 0.820. The second kappa shape index (κ2) is 5.72. The number of halogens is 3. The van der Waals surface area contributed by atoms with Crippen molar-refractivity contribution in [1.82, 2.24) is 0 Å². The first kappa shape index (κ1) is 13.4. The number of hydrogen-bond acceptors (Lipinski definition) is 1. The fourth-order valence-corrected chi connectivity index (χ4v) is 2.25. The van der Waals surface area contributed by atoms with Crippen LogP contribution in [0.2, 0.25) is 5.02 Å². The van der Waals surface area contributed by atoms with Gasteiger partial charge in [-0.1, -0.05) is 33.6 Å². The molecule has 0 radical (unpaired) electrons. The van der Waals surface area contributed by atoms with Crippen LogP contribution in [0.5, 0.6) is 0 Å². The Morgan fingerprint density at radius 2 is 2.06 bits per heavy atom. The summed E-state index contributed by atoms with van der Waals surface area (Å²) in [4.78, 5) is 0. The van der Waals surface area contributed by atoms with E-state index in [9.17, 15) is 4.39 Å². The summed E-state index contributed by atoms with van der Waals surface area (Å²) < 4.78 is 14.4. The van der Waals surface area contributed by atoms with Crippen LogP contribution < -0.4 is 5.32 Å². The summed E-state index contributed by atoms with van der Waals surface area (Å²) in [6.45, 7) is 2.36. The Bertz CT molecular complexity index is 570. The van der Waals surface area contributed by atoms with Gasteiger partial charge in [-0.3, -0.25) is 0 Å². The van der Waals surface area contributed by atoms with E-state index in [2.05, 4.69) is 21.2 Å². The minimum absolute atomic E-state index is 0.217. The second-order valence-electron chi connectivity index (χ2n) is 4.00. The molecule has 0 unspecified atom stereocenters. The fourth-order valence-electron chi connectivity index (χ4n) is 1.67. The van der Waals surface area contributed by atoms with Crippen LogP contribution in [-0.2, 0) is 6.54 Å². The van der Waals surface area contributed by atoms with E-state index in [1.54, 1.807) is 12.1 Å². The maximum absolute atomic E-state index is 13.6. The summed E-state index contributed by atoms with van der Waals surface area (Å²) in [5.41, 5.74) is 2.50. The molecule has 2 aromatic rings. The lowest BCUT2D eigenvalue weighted by Crippen LogP contribution is -2.03. The molecule has 4 heteroatoms. The number of rotatable bonds is 3. The SMILES string of the molecule is Cc1c(Cl)cccc1NCc1cc(Br)ccc1F. The summed E-state index contributed by atoms with van der Waals surface area (Å²) in [7, 11) is 0. The van der Waals surface area contributed by atoms with Crippen molar-refractivity contribution in [3.8, 4) is 0 Å². The Balaban J connectivity index is 2.16. The van der Waals surface area contributed by atoms with E-state index in [4.69, 9.17) is 11.6 Å². The van der Waals surface area contributed by atoms with Crippen molar-refractivity contribution in [2.45, 2.75) is 13.5 Å². The predicted molar refractivity (Wildman–Crippen MR) is 77.6 cm³/mol. The van der Waals surface area contributed by atoms with E-state index < -0.39 is 0 Å². The van der Waals surface area contributed by atoms with Gasteiger partial charge < -0.3 is 5.32 Å². The van der Waals surface area contributed by atoms with Crippen molar-refractivity contribution in [2.75, 3.05) is 5.32 Å². The molecular weight excluding hydrogens is 317 g/mol. The van der Waals surface area contributed by atoms with Gasteiger partial charge in [-0.2, -0.15) is 0 Å². The van der Waals surface area contributed by atoms with E-state index in [-0.39, 0.29) is 5.82 Å². The van der Waals surface area contributed by atoms with Crippen LogP contribution >= 0.6 is 27.5 Å². The molecule has 0 aliphatic rings. The van der Waals surface area contributed by atoms with Crippen molar-refractivity contribution < 1.29 is 4.39 Å². The van der Waals surface area contributed by atoms with E-state index in [1.807, 2.05) is 25.1 Å². The summed E-state index contributed by atoms with van der Waals surface area (Å²) in [6, 6.07) is 10.5. The minimum Gasteiger partial charge on any atom is -0.381 e. The Hall–Kier alpha value is -1.06. The minimum atomic E-state index is -0.217. The van der Waals surface area contributed by atoms with Crippen molar-refractivity contribution >= 4 is 33.2 Å². The molecule has 0 aliphatic heterocycles. The Labute approximate surface area is 119 Å². The molecule has 0 saturated heterocycles. The molecule has 0 bridgehead atoms.